The molecule has 0 radical (unpaired) electrons. The Bertz CT molecular complexity index is 300. The lowest BCUT2D eigenvalue weighted by Crippen LogP contribution is -2.00. The Morgan fingerprint density at radius 1 is 1.08 bits per heavy atom. The van der Waals surface area contributed by atoms with Crippen LogP contribution in [0.1, 0.15) is 16.8 Å². The van der Waals surface area contributed by atoms with Crippen molar-refractivity contribution in [1.29, 1.82) is 0 Å². The lowest BCUT2D eigenvalue weighted by atomic mass is 10.1. The quantitative estimate of drug-likeness (QED) is 0.498. The molecule has 0 amide bonds. The van der Waals surface area contributed by atoms with E-state index in [-0.39, 0.29) is 23.6 Å². The minimum Gasteiger partial charge on any atom is -0.506 e. The highest BCUT2D eigenvalue weighted by Gasteiger charge is 2.11. The van der Waals surface area contributed by atoms with Crippen LogP contribution in [0.2, 0.25) is 0 Å². The Kier molecular flexibility index (Phi) is 3.18. The first kappa shape index (κ1) is 9.91. The maximum atomic E-state index is 9.41. The van der Waals surface area contributed by atoms with E-state index in [0.717, 1.165) is 0 Å². The fourth-order valence-electron chi connectivity index (χ4n) is 1.05. The monoisotopic (exact) mass is 185 g/mol. The zero-order chi connectivity index (χ0) is 9.84. The van der Waals surface area contributed by atoms with Gasteiger partial charge in [0.05, 0.1) is 19.8 Å². The maximum absolute atomic E-state index is 9.41. The van der Waals surface area contributed by atoms with Crippen molar-refractivity contribution < 1.29 is 20.4 Å². The molecule has 0 bridgehead atoms. The number of aromatic nitrogens is 1. The first-order valence-corrected chi connectivity index (χ1v) is 3.75. The second kappa shape index (κ2) is 4.18. The molecule has 1 rings (SSSR count). The summed E-state index contributed by atoms with van der Waals surface area (Å²) >= 11 is 0. The van der Waals surface area contributed by atoms with Gasteiger partial charge in [-0.15, -0.1) is 0 Å². The van der Waals surface area contributed by atoms with Gasteiger partial charge in [-0.25, -0.2) is 0 Å². The van der Waals surface area contributed by atoms with Crippen LogP contribution >= 0.6 is 0 Å². The molecular formula is C8H11NO4. The van der Waals surface area contributed by atoms with Crippen LogP contribution in [-0.2, 0) is 19.8 Å². The van der Waals surface area contributed by atoms with Gasteiger partial charge in [0.25, 0.3) is 0 Å². The van der Waals surface area contributed by atoms with E-state index < -0.39 is 13.2 Å². The minimum atomic E-state index is -0.398. The van der Waals surface area contributed by atoms with E-state index in [0.29, 0.717) is 5.56 Å². The molecule has 72 valence electrons. The molecule has 0 unspecified atom stereocenters. The number of nitrogens with zero attached hydrogens (tertiary/aromatic N) is 1. The molecule has 5 heteroatoms. The summed E-state index contributed by atoms with van der Waals surface area (Å²) in [5, 5.41) is 35.8. The average molecular weight is 185 g/mol. The van der Waals surface area contributed by atoms with E-state index in [1.54, 1.807) is 0 Å². The summed E-state index contributed by atoms with van der Waals surface area (Å²) in [7, 11) is 0. The molecule has 0 fully saturated rings. The number of aliphatic hydroxyl groups excluding tert-OH is 3. The molecule has 0 aliphatic rings. The van der Waals surface area contributed by atoms with Gasteiger partial charge >= 0.3 is 0 Å². The van der Waals surface area contributed by atoms with Gasteiger partial charge in [-0.05, 0) is 0 Å². The van der Waals surface area contributed by atoms with Crippen LogP contribution in [0.3, 0.4) is 0 Å². The van der Waals surface area contributed by atoms with Gasteiger partial charge in [-0.2, -0.15) is 0 Å². The van der Waals surface area contributed by atoms with E-state index in [4.69, 9.17) is 15.3 Å². The van der Waals surface area contributed by atoms with Crippen LogP contribution in [-0.4, -0.2) is 25.4 Å². The van der Waals surface area contributed by atoms with Crippen molar-refractivity contribution in [3.05, 3.63) is 23.0 Å². The molecule has 0 aromatic carbocycles. The van der Waals surface area contributed by atoms with Crippen molar-refractivity contribution in [3.8, 4) is 5.75 Å². The minimum absolute atomic E-state index is 0.0984. The molecular weight excluding hydrogens is 174 g/mol. The predicted molar refractivity (Wildman–Crippen MR) is 43.7 cm³/mol. The van der Waals surface area contributed by atoms with E-state index in [1.165, 1.54) is 6.20 Å². The lowest BCUT2D eigenvalue weighted by molar-refractivity contribution is 0.246. The summed E-state index contributed by atoms with van der Waals surface area (Å²) < 4.78 is 0. The molecule has 1 heterocycles. The van der Waals surface area contributed by atoms with Gasteiger partial charge in [-0.1, -0.05) is 0 Å². The van der Waals surface area contributed by atoms with Crippen LogP contribution in [0.5, 0.6) is 5.75 Å². The molecule has 0 aliphatic carbocycles. The molecule has 1 aromatic heterocycles. The van der Waals surface area contributed by atoms with Gasteiger partial charge in [0, 0.05) is 17.3 Å². The summed E-state index contributed by atoms with van der Waals surface area (Å²) in [4.78, 5) is 3.71. The van der Waals surface area contributed by atoms with Crippen molar-refractivity contribution in [2.75, 3.05) is 0 Å². The average Bonchev–Trinajstić information content (AvgIpc) is 2.17. The Hall–Kier alpha value is -1.17. The molecule has 0 aliphatic heterocycles. The maximum Gasteiger partial charge on any atom is 0.145 e. The molecule has 5 nitrogen and oxygen atoms in total. The number of hydrogen-bond donors (Lipinski definition) is 4. The Morgan fingerprint density at radius 2 is 1.77 bits per heavy atom. The molecule has 0 atom stereocenters. The van der Waals surface area contributed by atoms with Crippen LogP contribution in [0.4, 0.5) is 0 Å². The zero-order valence-electron chi connectivity index (χ0n) is 6.93. The first-order valence-electron chi connectivity index (χ1n) is 3.75. The van der Waals surface area contributed by atoms with Crippen molar-refractivity contribution in [1.82, 2.24) is 4.98 Å². The fraction of sp³-hybridized carbons (Fsp3) is 0.375. The summed E-state index contributed by atoms with van der Waals surface area (Å²) in [6.07, 6.45) is 1.32. The van der Waals surface area contributed by atoms with Gasteiger partial charge in [-0.3, -0.25) is 4.98 Å². The summed E-state index contributed by atoms with van der Waals surface area (Å²) in [5.41, 5.74) is 0.667. The second-order valence-corrected chi connectivity index (χ2v) is 2.53. The Labute approximate surface area is 74.9 Å². The van der Waals surface area contributed by atoms with Crippen LogP contribution in [0.15, 0.2) is 6.20 Å². The molecule has 0 saturated carbocycles. The predicted octanol–water partition coefficient (Wildman–Crippen LogP) is -0.736. The van der Waals surface area contributed by atoms with Crippen LogP contribution in [0.25, 0.3) is 0 Å². The molecule has 13 heavy (non-hydrogen) atoms. The van der Waals surface area contributed by atoms with Crippen molar-refractivity contribution in [2.24, 2.45) is 0 Å². The third-order valence-corrected chi connectivity index (χ3v) is 1.80. The number of pyridine rings is 1. The normalized spacial score (nSPS) is 10.4. The van der Waals surface area contributed by atoms with Crippen molar-refractivity contribution >= 4 is 0 Å². The third-order valence-electron chi connectivity index (χ3n) is 1.80. The van der Waals surface area contributed by atoms with Crippen LogP contribution in [0, 0.1) is 0 Å². The summed E-state index contributed by atoms with van der Waals surface area (Å²) in [5.74, 6) is -0.253. The highest BCUT2D eigenvalue weighted by atomic mass is 16.3. The third kappa shape index (κ3) is 1.77. The largest absolute Gasteiger partial charge is 0.506 e. The number of aromatic hydroxyl groups is 1. The molecule has 0 saturated heterocycles. The van der Waals surface area contributed by atoms with Crippen molar-refractivity contribution in [3.63, 3.8) is 0 Å². The molecule has 0 spiro atoms. The zero-order valence-corrected chi connectivity index (χ0v) is 6.93. The number of rotatable bonds is 3. The standard InChI is InChI=1S/C8H11NO4/c10-2-5-1-9-7(4-12)8(13)6(5)3-11/h1,10-13H,2-4H2. The highest BCUT2D eigenvalue weighted by Crippen LogP contribution is 2.24. The van der Waals surface area contributed by atoms with Gasteiger partial charge < -0.3 is 20.4 Å². The van der Waals surface area contributed by atoms with E-state index >= 15 is 0 Å². The smallest absolute Gasteiger partial charge is 0.145 e. The van der Waals surface area contributed by atoms with E-state index in [9.17, 15) is 5.11 Å². The topological polar surface area (TPSA) is 93.8 Å². The molecule has 1 aromatic rings. The van der Waals surface area contributed by atoms with Crippen molar-refractivity contribution in [2.45, 2.75) is 19.8 Å². The lowest BCUT2D eigenvalue weighted by Gasteiger charge is -2.08. The SMILES string of the molecule is OCc1cnc(CO)c(O)c1CO. The highest BCUT2D eigenvalue weighted by molar-refractivity contribution is 5.40. The summed E-state index contributed by atoms with van der Waals surface area (Å²) in [6, 6.07) is 0. The molecule has 4 N–H and O–H groups in total. The second-order valence-electron chi connectivity index (χ2n) is 2.53. The summed E-state index contributed by atoms with van der Waals surface area (Å²) in [6.45, 7) is -1.09. The van der Waals surface area contributed by atoms with E-state index in [2.05, 4.69) is 4.98 Å². The number of hydrogen-bond acceptors (Lipinski definition) is 5. The van der Waals surface area contributed by atoms with Gasteiger partial charge in [0.2, 0.25) is 0 Å². The van der Waals surface area contributed by atoms with Crippen LogP contribution < -0.4 is 0 Å². The van der Waals surface area contributed by atoms with Gasteiger partial charge in [0.1, 0.15) is 11.4 Å². The Balaban J connectivity index is 3.23. The number of aliphatic hydroxyl groups is 3. The first-order chi connectivity index (χ1) is 6.24. The Morgan fingerprint density at radius 3 is 2.23 bits per heavy atom. The van der Waals surface area contributed by atoms with Gasteiger partial charge in [0.15, 0.2) is 0 Å². The fourth-order valence-corrected chi connectivity index (χ4v) is 1.05. The van der Waals surface area contributed by atoms with E-state index in [1.807, 2.05) is 0 Å².